The maximum absolute atomic E-state index is 13.5. The first-order valence-corrected chi connectivity index (χ1v) is 10.1. The van der Waals surface area contributed by atoms with Crippen molar-refractivity contribution in [2.24, 2.45) is 5.73 Å². The number of nitrogen functional groups attached to an aromatic ring is 1. The molecule has 0 fully saturated rings. The SMILES string of the molecule is COc1ccc(N(C(=O)c2snc(C(N)=O)c2N)C(C)C(=O)NC(C)(C)C)cc1OC. The predicted octanol–water partition coefficient (Wildman–Crippen LogP) is 1.79. The van der Waals surface area contributed by atoms with E-state index < -0.39 is 23.4 Å². The Balaban J connectivity index is 2.59. The smallest absolute Gasteiger partial charge is 0.272 e. The van der Waals surface area contributed by atoms with Gasteiger partial charge in [0, 0.05) is 17.3 Å². The molecule has 0 aliphatic carbocycles. The molecule has 1 unspecified atom stereocenters. The molecule has 0 spiro atoms. The molecule has 1 aromatic carbocycles. The van der Waals surface area contributed by atoms with E-state index in [-0.39, 0.29) is 22.2 Å². The van der Waals surface area contributed by atoms with Crippen LogP contribution in [0.25, 0.3) is 0 Å². The van der Waals surface area contributed by atoms with Crippen LogP contribution in [0, 0.1) is 0 Å². The Morgan fingerprint density at radius 2 is 1.77 bits per heavy atom. The van der Waals surface area contributed by atoms with Crippen molar-refractivity contribution in [1.82, 2.24) is 9.69 Å². The summed E-state index contributed by atoms with van der Waals surface area (Å²) in [6.07, 6.45) is 0. The molecule has 0 bridgehead atoms. The second-order valence-electron chi connectivity index (χ2n) is 7.77. The minimum absolute atomic E-state index is 0.000932. The van der Waals surface area contributed by atoms with Gasteiger partial charge in [0.2, 0.25) is 5.91 Å². The fourth-order valence-corrected chi connectivity index (χ4v) is 3.56. The predicted molar refractivity (Wildman–Crippen MR) is 119 cm³/mol. The van der Waals surface area contributed by atoms with Gasteiger partial charge in [-0.1, -0.05) is 0 Å². The lowest BCUT2D eigenvalue weighted by molar-refractivity contribution is -0.123. The second-order valence-corrected chi connectivity index (χ2v) is 8.54. The van der Waals surface area contributed by atoms with Crippen LogP contribution < -0.4 is 31.2 Å². The van der Waals surface area contributed by atoms with Gasteiger partial charge in [-0.3, -0.25) is 19.3 Å². The number of aromatic nitrogens is 1. The van der Waals surface area contributed by atoms with E-state index in [0.717, 1.165) is 11.5 Å². The lowest BCUT2D eigenvalue weighted by atomic mass is 10.1. The molecule has 1 atom stereocenters. The lowest BCUT2D eigenvalue weighted by Gasteiger charge is -2.31. The molecule has 1 heterocycles. The average Bonchev–Trinajstić information content (AvgIpc) is 3.08. The van der Waals surface area contributed by atoms with Crippen molar-refractivity contribution >= 4 is 40.6 Å². The number of carbonyl (C=O) groups is 3. The number of amides is 3. The van der Waals surface area contributed by atoms with Gasteiger partial charge >= 0.3 is 0 Å². The summed E-state index contributed by atoms with van der Waals surface area (Å²) in [7, 11) is 2.95. The van der Waals surface area contributed by atoms with Gasteiger partial charge in [-0.2, -0.15) is 4.37 Å². The third kappa shape index (κ3) is 5.23. The van der Waals surface area contributed by atoms with Crippen molar-refractivity contribution in [3.05, 3.63) is 28.8 Å². The highest BCUT2D eigenvalue weighted by Gasteiger charge is 2.33. The molecule has 168 valence electrons. The van der Waals surface area contributed by atoms with E-state index in [1.54, 1.807) is 25.1 Å². The number of ether oxygens (including phenoxy) is 2. The van der Waals surface area contributed by atoms with Gasteiger partial charge in [0.15, 0.2) is 17.2 Å². The summed E-state index contributed by atoms with van der Waals surface area (Å²) in [5.74, 6) is -1.00. The van der Waals surface area contributed by atoms with Gasteiger partial charge in [-0.05, 0) is 51.4 Å². The Morgan fingerprint density at radius 1 is 1.16 bits per heavy atom. The number of rotatable bonds is 7. The van der Waals surface area contributed by atoms with Crippen LogP contribution in [0.4, 0.5) is 11.4 Å². The van der Waals surface area contributed by atoms with E-state index in [9.17, 15) is 14.4 Å². The van der Waals surface area contributed by atoms with Crippen LogP contribution in [0.3, 0.4) is 0 Å². The van der Waals surface area contributed by atoms with Crippen molar-refractivity contribution in [1.29, 1.82) is 0 Å². The molecule has 31 heavy (non-hydrogen) atoms. The van der Waals surface area contributed by atoms with Gasteiger partial charge in [0.25, 0.3) is 11.8 Å². The Hall–Kier alpha value is -3.34. The maximum Gasteiger partial charge on any atom is 0.272 e. The quantitative estimate of drug-likeness (QED) is 0.583. The standard InChI is InChI=1S/C20H27N5O5S/c1-10(18(27)23-20(2,3)4)25(11-7-8-12(29-5)13(9-11)30-6)19(28)16-14(21)15(17(22)26)24-31-16/h7-10H,21H2,1-6H3,(H2,22,26)(H,23,27). The molecule has 11 heteroatoms. The van der Waals surface area contributed by atoms with Crippen LogP contribution in [-0.2, 0) is 4.79 Å². The van der Waals surface area contributed by atoms with Crippen molar-refractivity contribution in [3.8, 4) is 11.5 Å². The Labute approximate surface area is 184 Å². The van der Waals surface area contributed by atoms with Crippen LogP contribution in [0.5, 0.6) is 11.5 Å². The number of benzene rings is 1. The minimum Gasteiger partial charge on any atom is -0.493 e. The summed E-state index contributed by atoms with van der Waals surface area (Å²) in [5, 5.41) is 2.86. The Bertz CT molecular complexity index is 998. The highest BCUT2D eigenvalue weighted by Crippen LogP contribution is 2.34. The van der Waals surface area contributed by atoms with Crippen LogP contribution in [0.2, 0.25) is 0 Å². The molecular formula is C20H27N5O5S. The van der Waals surface area contributed by atoms with Crippen molar-refractivity contribution in [3.63, 3.8) is 0 Å². The molecule has 0 aliphatic rings. The fourth-order valence-electron chi connectivity index (χ4n) is 2.82. The zero-order chi connectivity index (χ0) is 23.5. The number of carbonyl (C=O) groups excluding carboxylic acids is 3. The van der Waals surface area contributed by atoms with Crippen molar-refractivity contribution < 1.29 is 23.9 Å². The molecule has 0 aliphatic heterocycles. The zero-order valence-corrected chi connectivity index (χ0v) is 19.1. The highest BCUT2D eigenvalue weighted by atomic mass is 32.1. The fraction of sp³-hybridized carbons (Fsp3) is 0.400. The molecule has 0 saturated carbocycles. The topological polar surface area (TPSA) is 150 Å². The molecule has 5 N–H and O–H groups in total. The molecule has 10 nitrogen and oxygen atoms in total. The van der Waals surface area contributed by atoms with Crippen molar-refractivity contribution in [2.45, 2.75) is 39.3 Å². The van der Waals surface area contributed by atoms with Crippen LogP contribution in [0.1, 0.15) is 47.9 Å². The van der Waals surface area contributed by atoms with Gasteiger partial charge in [-0.25, -0.2) is 0 Å². The summed E-state index contributed by atoms with van der Waals surface area (Å²) in [4.78, 5) is 39.2. The second kappa shape index (κ2) is 9.21. The number of nitrogens with one attached hydrogen (secondary N) is 1. The number of nitrogens with two attached hydrogens (primary N) is 2. The Kier molecular flexibility index (Phi) is 7.11. The third-order valence-corrected chi connectivity index (χ3v) is 5.14. The molecule has 0 radical (unpaired) electrons. The summed E-state index contributed by atoms with van der Waals surface area (Å²) in [5.41, 5.74) is 10.8. The number of methoxy groups -OCH3 is 2. The van der Waals surface area contributed by atoms with Gasteiger partial charge in [0.1, 0.15) is 10.9 Å². The average molecular weight is 450 g/mol. The van der Waals surface area contributed by atoms with E-state index in [1.165, 1.54) is 19.1 Å². The number of hydrogen-bond donors (Lipinski definition) is 3. The van der Waals surface area contributed by atoms with E-state index in [0.29, 0.717) is 17.2 Å². The lowest BCUT2D eigenvalue weighted by Crippen LogP contribution is -2.52. The summed E-state index contributed by atoms with van der Waals surface area (Å²) >= 11 is 0.741. The Morgan fingerprint density at radius 3 is 2.26 bits per heavy atom. The van der Waals surface area contributed by atoms with Gasteiger partial charge < -0.3 is 26.3 Å². The normalized spacial score (nSPS) is 12.1. The zero-order valence-electron chi connectivity index (χ0n) is 18.3. The van der Waals surface area contributed by atoms with Crippen LogP contribution >= 0.6 is 11.5 Å². The number of nitrogens with zero attached hydrogens (tertiary/aromatic N) is 2. The highest BCUT2D eigenvalue weighted by molar-refractivity contribution is 7.09. The first-order chi connectivity index (χ1) is 14.4. The molecule has 3 amide bonds. The minimum atomic E-state index is -0.927. The molecule has 2 rings (SSSR count). The number of anilines is 2. The molecule has 1 aromatic heterocycles. The van der Waals surface area contributed by atoms with E-state index in [2.05, 4.69) is 9.69 Å². The van der Waals surface area contributed by atoms with Crippen molar-refractivity contribution in [2.75, 3.05) is 24.9 Å². The first kappa shape index (κ1) is 23.9. The number of hydrogen-bond acceptors (Lipinski definition) is 8. The van der Waals surface area contributed by atoms with E-state index in [4.69, 9.17) is 20.9 Å². The summed E-state index contributed by atoms with van der Waals surface area (Å²) in [6, 6.07) is 3.88. The van der Waals surface area contributed by atoms with Crippen LogP contribution in [-0.4, -0.2) is 47.9 Å². The molecule has 0 saturated heterocycles. The monoisotopic (exact) mass is 449 g/mol. The largest absolute Gasteiger partial charge is 0.493 e. The number of primary amides is 1. The summed E-state index contributed by atoms with van der Waals surface area (Å²) < 4.78 is 14.5. The molecule has 2 aromatic rings. The molecular weight excluding hydrogens is 422 g/mol. The maximum atomic E-state index is 13.5. The van der Waals surface area contributed by atoms with E-state index in [1.807, 2.05) is 20.8 Å². The summed E-state index contributed by atoms with van der Waals surface area (Å²) in [6.45, 7) is 7.09. The van der Waals surface area contributed by atoms with Crippen LogP contribution in [0.15, 0.2) is 18.2 Å². The first-order valence-electron chi connectivity index (χ1n) is 9.33. The third-order valence-electron chi connectivity index (χ3n) is 4.28. The van der Waals surface area contributed by atoms with Gasteiger partial charge in [0.05, 0.1) is 19.9 Å². The van der Waals surface area contributed by atoms with Gasteiger partial charge in [-0.15, -0.1) is 0 Å². The van der Waals surface area contributed by atoms with E-state index >= 15 is 0 Å².